The molecule has 0 saturated carbocycles. The lowest BCUT2D eigenvalue weighted by atomic mass is 10.0. The first-order valence-corrected chi connectivity index (χ1v) is 8.75. The van der Waals surface area contributed by atoms with Crippen LogP contribution in [0.1, 0.15) is 25.3 Å². The van der Waals surface area contributed by atoms with E-state index < -0.39 is 0 Å². The highest BCUT2D eigenvalue weighted by molar-refractivity contribution is 5.96. The Hall–Kier alpha value is -2.81. The third-order valence-electron chi connectivity index (χ3n) is 4.12. The van der Waals surface area contributed by atoms with Crippen LogP contribution in [0.4, 0.5) is 5.69 Å². The van der Waals surface area contributed by atoms with E-state index in [9.17, 15) is 4.79 Å². The molecule has 0 radical (unpaired) electrons. The molecule has 3 rings (SSSR count). The predicted octanol–water partition coefficient (Wildman–Crippen LogP) is 5.20. The van der Waals surface area contributed by atoms with Crippen LogP contribution < -0.4 is 10.1 Å². The molecule has 0 aliphatic carbocycles. The Kier molecular flexibility index (Phi) is 5.68. The quantitative estimate of drug-likeness (QED) is 0.604. The van der Waals surface area contributed by atoms with Gasteiger partial charge in [-0.15, -0.1) is 0 Å². The molecule has 0 bridgehead atoms. The van der Waals surface area contributed by atoms with Gasteiger partial charge in [0, 0.05) is 11.8 Å². The number of carbonyl (C=O) groups excluding carboxylic acids is 1. The van der Waals surface area contributed by atoms with E-state index in [4.69, 9.17) is 4.74 Å². The minimum atomic E-state index is -0.0259. The van der Waals surface area contributed by atoms with Crippen LogP contribution in [0.15, 0.2) is 66.7 Å². The number of unbranched alkanes of at least 4 members (excludes halogenated alkanes) is 1. The summed E-state index contributed by atoms with van der Waals surface area (Å²) >= 11 is 0. The molecule has 0 spiro atoms. The maximum Gasteiger partial charge on any atom is 0.228 e. The van der Waals surface area contributed by atoms with Gasteiger partial charge in [-0.1, -0.05) is 61.9 Å². The van der Waals surface area contributed by atoms with Crippen LogP contribution in [0.25, 0.3) is 10.8 Å². The van der Waals surface area contributed by atoms with Gasteiger partial charge in [0.05, 0.1) is 13.0 Å². The smallest absolute Gasteiger partial charge is 0.228 e. The SMILES string of the molecule is CCCCOc1cccc(NC(=O)Cc2cccc3ccccc23)c1. The second-order valence-corrected chi connectivity index (χ2v) is 6.09. The van der Waals surface area contributed by atoms with E-state index in [1.807, 2.05) is 48.5 Å². The molecule has 1 amide bonds. The number of ether oxygens (including phenoxy) is 1. The second-order valence-electron chi connectivity index (χ2n) is 6.09. The first kappa shape index (κ1) is 17.0. The summed E-state index contributed by atoms with van der Waals surface area (Å²) in [6, 6.07) is 21.8. The molecule has 0 heterocycles. The van der Waals surface area contributed by atoms with Crippen molar-refractivity contribution in [2.45, 2.75) is 26.2 Å². The summed E-state index contributed by atoms with van der Waals surface area (Å²) in [5.41, 5.74) is 1.80. The third-order valence-corrected chi connectivity index (χ3v) is 4.12. The number of fused-ring (bicyclic) bond motifs is 1. The molecule has 0 unspecified atom stereocenters. The molecule has 3 aromatic rings. The van der Waals surface area contributed by atoms with Crippen molar-refractivity contribution < 1.29 is 9.53 Å². The number of hydrogen-bond donors (Lipinski definition) is 1. The Balaban J connectivity index is 1.67. The van der Waals surface area contributed by atoms with E-state index in [2.05, 4.69) is 30.4 Å². The molecule has 1 N–H and O–H groups in total. The monoisotopic (exact) mass is 333 g/mol. The number of rotatable bonds is 7. The normalized spacial score (nSPS) is 10.6. The number of nitrogens with one attached hydrogen (secondary N) is 1. The fourth-order valence-electron chi connectivity index (χ4n) is 2.82. The van der Waals surface area contributed by atoms with Crippen LogP contribution in [-0.4, -0.2) is 12.5 Å². The van der Waals surface area contributed by atoms with E-state index in [0.717, 1.165) is 40.6 Å². The first-order valence-electron chi connectivity index (χ1n) is 8.75. The maximum atomic E-state index is 12.4. The van der Waals surface area contributed by atoms with Crippen molar-refractivity contribution in [3.05, 3.63) is 72.3 Å². The van der Waals surface area contributed by atoms with Gasteiger partial charge in [-0.2, -0.15) is 0 Å². The van der Waals surface area contributed by atoms with Crippen molar-refractivity contribution in [3.63, 3.8) is 0 Å². The first-order chi connectivity index (χ1) is 12.3. The molecule has 0 fully saturated rings. The Labute approximate surface area is 148 Å². The highest BCUT2D eigenvalue weighted by Gasteiger charge is 2.08. The lowest BCUT2D eigenvalue weighted by Crippen LogP contribution is -2.14. The molecule has 0 saturated heterocycles. The van der Waals surface area contributed by atoms with Gasteiger partial charge in [-0.3, -0.25) is 4.79 Å². The van der Waals surface area contributed by atoms with Gasteiger partial charge in [0.25, 0.3) is 0 Å². The van der Waals surface area contributed by atoms with E-state index >= 15 is 0 Å². The molecule has 0 aromatic heterocycles. The van der Waals surface area contributed by atoms with Crippen molar-refractivity contribution in [1.29, 1.82) is 0 Å². The third kappa shape index (κ3) is 4.60. The van der Waals surface area contributed by atoms with Crippen LogP contribution in [-0.2, 0) is 11.2 Å². The minimum absolute atomic E-state index is 0.0259. The van der Waals surface area contributed by atoms with Crippen molar-refractivity contribution in [2.24, 2.45) is 0 Å². The summed E-state index contributed by atoms with van der Waals surface area (Å²) in [7, 11) is 0. The van der Waals surface area contributed by atoms with Crippen molar-refractivity contribution in [1.82, 2.24) is 0 Å². The number of anilines is 1. The lowest BCUT2D eigenvalue weighted by Gasteiger charge is -2.10. The summed E-state index contributed by atoms with van der Waals surface area (Å²) < 4.78 is 5.69. The summed E-state index contributed by atoms with van der Waals surface area (Å²) in [5, 5.41) is 5.24. The van der Waals surface area contributed by atoms with E-state index in [1.165, 1.54) is 0 Å². The lowest BCUT2D eigenvalue weighted by molar-refractivity contribution is -0.115. The highest BCUT2D eigenvalue weighted by atomic mass is 16.5. The molecule has 25 heavy (non-hydrogen) atoms. The van der Waals surface area contributed by atoms with Gasteiger partial charge in [0.1, 0.15) is 5.75 Å². The van der Waals surface area contributed by atoms with Gasteiger partial charge in [-0.25, -0.2) is 0 Å². The molecule has 0 aliphatic heterocycles. The van der Waals surface area contributed by atoms with Gasteiger partial charge in [0.2, 0.25) is 5.91 Å². The number of carbonyl (C=O) groups is 1. The standard InChI is InChI=1S/C22H23NO2/c1-2-3-14-25-20-12-7-11-19(16-20)23-22(24)15-18-10-6-9-17-8-4-5-13-21(17)18/h4-13,16H,2-3,14-15H2,1H3,(H,23,24). The Morgan fingerprint density at radius 2 is 1.80 bits per heavy atom. The highest BCUT2D eigenvalue weighted by Crippen LogP contribution is 2.21. The van der Waals surface area contributed by atoms with Gasteiger partial charge >= 0.3 is 0 Å². The largest absolute Gasteiger partial charge is 0.494 e. The van der Waals surface area contributed by atoms with Crippen LogP contribution in [0.3, 0.4) is 0 Å². The van der Waals surface area contributed by atoms with Crippen LogP contribution >= 0.6 is 0 Å². The van der Waals surface area contributed by atoms with Crippen LogP contribution in [0.5, 0.6) is 5.75 Å². The predicted molar refractivity (Wildman–Crippen MR) is 103 cm³/mol. The molecular formula is C22H23NO2. The summed E-state index contributed by atoms with van der Waals surface area (Å²) in [6.45, 7) is 2.83. The van der Waals surface area contributed by atoms with Gasteiger partial charge in [0.15, 0.2) is 0 Å². The Morgan fingerprint density at radius 1 is 1.00 bits per heavy atom. The zero-order valence-electron chi connectivity index (χ0n) is 14.5. The maximum absolute atomic E-state index is 12.4. The molecule has 128 valence electrons. The molecule has 0 atom stereocenters. The Morgan fingerprint density at radius 3 is 2.68 bits per heavy atom. The average Bonchev–Trinajstić information content (AvgIpc) is 2.62. The second kappa shape index (κ2) is 8.34. The number of hydrogen-bond acceptors (Lipinski definition) is 2. The summed E-state index contributed by atoms with van der Waals surface area (Å²) in [4.78, 5) is 12.4. The van der Waals surface area contributed by atoms with Crippen molar-refractivity contribution in [2.75, 3.05) is 11.9 Å². The molecule has 0 aliphatic rings. The van der Waals surface area contributed by atoms with Crippen molar-refractivity contribution in [3.8, 4) is 5.75 Å². The molecule has 3 heteroatoms. The van der Waals surface area contributed by atoms with Crippen LogP contribution in [0, 0.1) is 0 Å². The van der Waals surface area contributed by atoms with E-state index in [0.29, 0.717) is 13.0 Å². The molecule has 3 aromatic carbocycles. The van der Waals surface area contributed by atoms with Crippen LogP contribution in [0.2, 0.25) is 0 Å². The van der Waals surface area contributed by atoms with E-state index in [1.54, 1.807) is 0 Å². The fourth-order valence-corrected chi connectivity index (χ4v) is 2.82. The zero-order valence-corrected chi connectivity index (χ0v) is 14.5. The summed E-state index contributed by atoms with van der Waals surface area (Å²) in [5.74, 6) is 0.762. The average molecular weight is 333 g/mol. The minimum Gasteiger partial charge on any atom is -0.494 e. The number of amides is 1. The Bertz CT molecular complexity index is 852. The van der Waals surface area contributed by atoms with Gasteiger partial charge in [-0.05, 0) is 34.9 Å². The van der Waals surface area contributed by atoms with Crippen molar-refractivity contribution >= 4 is 22.4 Å². The fraction of sp³-hybridized carbons (Fsp3) is 0.227. The number of benzene rings is 3. The topological polar surface area (TPSA) is 38.3 Å². The van der Waals surface area contributed by atoms with E-state index in [-0.39, 0.29) is 5.91 Å². The van der Waals surface area contributed by atoms with Gasteiger partial charge < -0.3 is 10.1 Å². The summed E-state index contributed by atoms with van der Waals surface area (Å²) in [6.07, 6.45) is 2.47. The molecule has 3 nitrogen and oxygen atoms in total. The molecular weight excluding hydrogens is 310 g/mol. The zero-order chi connectivity index (χ0) is 17.5.